The predicted molar refractivity (Wildman–Crippen MR) is 79.0 cm³/mol. The van der Waals surface area contributed by atoms with Crippen LogP contribution in [0.2, 0.25) is 0 Å². The van der Waals surface area contributed by atoms with Gasteiger partial charge in [-0.05, 0) is 19.9 Å². The Labute approximate surface area is 110 Å². The third-order valence-corrected chi connectivity index (χ3v) is 3.98. The van der Waals surface area contributed by atoms with Crippen molar-refractivity contribution < 1.29 is 4.21 Å². The van der Waals surface area contributed by atoms with Gasteiger partial charge in [0.25, 0.3) is 0 Å². The van der Waals surface area contributed by atoms with Crippen molar-refractivity contribution in [3.8, 4) is 0 Å². The maximum atomic E-state index is 11.0. The van der Waals surface area contributed by atoms with Crippen LogP contribution in [-0.4, -0.2) is 28.8 Å². The first-order valence-electron chi connectivity index (χ1n) is 7.20. The molecular formula is C14H31NOS. The van der Waals surface area contributed by atoms with Crippen LogP contribution in [0.15, 0.2) is 0 Å². The van der Waals surface area contributed by atoms with Crippen molar-refractivity contribution in [2.75, 3.05) is 18.6 Å². The monoisotopic (exact) mass is 261 g/mol. The first kappa shape index (κ1) is 17.1. The summed E-state index contributed by atoms with van der Waals surface area (Å²) in [5, 5.41) is 3.43. The van der Waals surface area contributed by atoms with Gasteiger partial charge in [-0.1, -0.05) is 51.9 Å². The Morgan fingerprint density at radius 3 is 2.06 bits per heavy atom. The summed E-state index contributed by atoms with van der Waals surface area (Å²) in [7, 11) is -0.672. The molecule has 0 rings (SSSR count). The van der Waals surface area contributed by atoms with Gasteiger partial charge < -0.3 is 5.32 Å². The second-order valence-corrected chi connectivity index (χ2v) is 6.55. The van der Waals surface area contributed by atoms with E-state index in [4.69, 9.17) is 0 Å². The Balaban J connectivity index is 3.10. The maximum Gasteiger partial charge on any atom is 0.0383 e. The van der Waals surface area contributed by atoms with Crippen molar-refractivity contribution in [2.45, 2.75) is 71.3 Å². The molecule has 0 bridgehead atoms. The summed E-state index contributed by atoms with van der Waals surface area (Å²) in [6, 6.07) is 0.394. The molecule has 0 heterocycles. The maximum absolute atomic E-state index is 11.0. The summed E-state index contributed by atoms with van der Waals surface area (Å²) in [5.41, 5.74) is 0. The molecule has 0 amide bonds. The third kappa shape index (κ3) is 14.0. The molecule has 3 heteroatoms. The van der Waals surface area contributed by atoms with Crippen LogP contribution in [0.3, 0.4) is 0 Å². The first-order valence-corrected chi connectivity index (χ1v) is 8.93. The number of hydrogen-bond acceptors (Lipinski definition) is 2. The molecule has 0 aliphatic rings. The molecule has 0 aliphatic carbocycles. The van der Waals surface area contributed by atoms with E-state index in [1.807, 2.05) is 0 Å². The van der Waals surface area contributed by atoms with Crippen LogP contribution in [0, 0.1) is 0 Å². The summed E-state index contributed by atoms with van der Waals surface area (Å²) in [6.45, 7) is 5.45. The van der Waals surface area contributed by atoms with Gasteiger partial charge in [-0.15, -0.1) is 0 Å². The molecule has 2 nitrogen and oxygen atoms in total. The van der Waals surface area contributed by atoms with E-state index in [9.17, 15) is 4.21 Å². The van der Waals surface area contributed by atoms with Gasteiger partial charge >= 0.3 is 0 Å². The molecule has 0 fully saturated rings. The fourth-order valence-corrected chi connectivity index (χ4v) is 2.84. The molecule has 0 radical (unpaired) electrons. The van der Waals surface area contributed by atoms with Crippen LogP contribution in [0.25, 0.3) is 0 Å². The van der Waals surface area contributed by atoms with Gasteiger partial charge in [0, 0.05) is 28.9 Å². The number of nitrogens with one attached hydrogen (secondary N) is 1. The SMILES string of the molecule is CCCCCCCCCCNC(C)CS(C)=O. The molecule has 0 aromatic rings. The van der Waals surface area contributed by atoms with Gasteiger partial charge in [-0.2, -0.15) is 0 Å². The average Bonchev–Trinajstić information content (AvgIpc) is 2.26. The van der Waals surface area contributed by atoms with Crippen molar-refractivity contribution in [3.05, 3.63) is 0 Å². The summed E-state index contributed by atoms with van der Waals surface area (Å²) in [5.74, 6) is 0.775. The van der Waals surface area contributed by atoms with Crippen molar-refractivity contribution in [1.82, 2.24) is 5.32 Å². The quantitative estimate of drug-likeness (QED) is 0.545. The number of rotatable bonds is 12. The molecular weight excluding hydrogens is 230 g/mol. The highest BCUT2D eigenvalue weighted by Crippen LogP contribution is 2.07. The molecule has 0 aliphatic heterocycles. The van der Waals surface area contributed by atoms with Gasteiger partial charge in [0.15, 0.2) is 0 Å². The van der Waals surface area contributed by atoms with Crippen molar-refractivity contribution >= 4 is 10.8 Å². The summed E-state index contributed by atoms with van der Waals surface area (Å²) in [6.07, 6.45) is 12.7. The molecule has 0 aromatic carbocycles. The van der Waals surface area contributed by atoms with E-state index in [0.29, 0.717) is 6.04 Å². The zero-order valence-corrected chi connectivity index (χ0v) is 12.8. The molecule has 0 saturated carbocycles. The van der Waals surface area contributed by atoms with E-state index in [-0.39, 0.29) is 0 Å². The minimum atomic E-state index is -0.672. The fourth-order valence-electron chi connectivity index (χ4n) is 2.02. The lowest BCUT2D eigenvalue weighted by Crippen LogP contribution is -2.31. The van der Waals surface area contributed by atoms with E-state index >= 15 is 0 Å². The van der Waals surface area contributed by atoms with E-state index in [2.05, 4.69) is 19.2 Å². The molecule has 0 aromatic heterocycles. The molecule has 2 unspecified atom stereocenters. The highest BCUT2D eigenvalue weighted by atomic mass is 32.2. The standard InChI is InChI=1S/C14H31NOS/c1-4-5-6-7-8-9-10-11-12-15-14(2)13-17(3)16/h14-15H,4-13H2,1-3H3. The van der Waals surface area contributed by atoms with Crippen LogP contribution in [0.4, 0.5) is 0 Å². The van der Waals surface area contributed by atoms with Crippen molar-refractivity contribution in [1.29, 1.82) is 0 Å². The van der Waals surface area contributed by atoms with Gasteiger partial charge in [-0.3, -0.25) is 4.21 Å². The number of hydrogen-bond donors (Lipinski definition) is 1. The topological polar surface area (TPSA) is 29.1 Å². The van der Waals surface area contributed by atoms with E-state index < -0.39 is 10.8 Å². The second kappa shape index (κ2) is 12.6. The molecule has 17 heavy (non-hydrogen) atoms. The minimum absolute atomic E-state index is 0.394. The Kier molecular flexibility index (Phi) is 12.6. The van der Waals surface area contributed by atoms with E-state index in [1.165, 1.54) is 51.4 Å². The Morgan fingerprint density at radius 1 is 1.00 bits per heavy atom. The normalized spacial score (nSPS) is 14.8. The Bertz CT molecular complexity index is 185. The fraction of sp³-hybridized carbons (Fsp3) is 1.00. The van der Waals surface area contributed by atoms with Crippen molar-refractivity contribution in [3.63, 3.8) is 0 Å². The highest BCUT2D eigenvalue weighted by Gasteiger charge is 2.02. The molecule has 104 valence electrons. The smallest absolute Gasteiger partial charge is 0.0383 e. The van der Waals surface area contributed by atoms with E-state index in [1.54, 1.807) is 6.26 Å². The molecule has 2 atom stereocenters. The summed E-state index contributed by atoms with van der Waals surface area (Å²) < 4.78 is 11.0. The second-order valence-electron chi connectivity index (χ2n) is 5.07. The zero-order valence-electron chi connectivity index (χ0n) is 12.0. The lowest BCUT2D eigenvalue weighted by Gasteiger charge is -2.11. The van der Waals surface area contributed by atoms with Crippen LogP contribution >= 0.6 is 0 Å². The molecule has 0 saturated heterocycles. The van der Waals surface area contributed by atoms with Gasteiger partial charge in [0.05, 0.1) is 0 Å². The van der Waals surface area contributed by atoms with E-state index in [0.717, 1.165) is 12.3 Å². The summed E-state index contributed by atoms with van der Waals surface area (Å²) >= 11 is 0. The molecule has 1 N–H and O–H groups in total. The van der Waals surface area contributed by atoms with Crippen molar-refractivity contribution in [2.24, 2.45) is 0 Å². The highest BCUT2D eigenvalue weighted by molar-refractivity contribution is 7.84. The van der Waals surface area contributed by atoms with Crippen LogP contribution in [0.5, 0.6) is 0 Å². The first-order chi connectivity index (χ1) is 8.16. The number of unbranched alkanes of at least 4 members (excludes halogenated alkanes) is 7. The third-order valence-electron chi connectivity index (χ3n) is 3.01. The average molecular weight is 261 g/mol. The van der Waals surface area contributed by atoms with Crippen LogP contribution in [0.1, 0.15) is 65.2 Å². The zero-order chi connectivity index (χ0) is 12.9. The van der Waals surface area contributed by atoms with Gasteiger partial charge in [-0.25, -0.2) is 0 Å². The minimum Gasteiger partial charge on any atom is -0.313 e. The Morgan fingerprint density at radius 2 is 1.53 bits per heavy atom. The predicted octanol–water partition coefficient (Wildman–Crippen LogP) is 3.48. The summed E-state index contributed by atoms with van der Waals surface area (Å²) in [4.78, 5) is 0. The van der Waals surface area contributed by atoms with Crippen LogP contribution < -0.4 is 5.32 Å². The van der Waals surface area contributed by atoms with Gasteiger partial charge in [0.1, 0.15) is 0 Å². The lowest BCUT2D eigenvalue weighted by molar-refractivity contribution is 0.529. The lowest BCUT2D eigenvalue weighted by atomic mass is 10.1. The Hall–Kier alpha value is 0.110. The molecule has 0 spiro atoms. The largest absolute Gasteiger partial charge is 0.313 e. The van der Waals surface area contributed by atoms with Crippen LogP contribution in [-0.2, 0) is 10.8 Å². The van der Waals surface area contributed by atoms with Gasteiger partial charge in [0.2, 0.25) is 0 Å².